The molecule has 0 atom stereocenters. The lowest BCUT2D eigenvalue weighted by atomic mass is 10.2. The van der Waals surface area contributed by atoms with Gasteiger partial charge in [-0.1, -0.05) is 13.8 Å². The molecular weight excluding hydrogens is 228 g/mol. The van der Waals surface area contributed by atoms with E-state index in [0.29, 0.717) is 0 Å². The van der Waals surface area contributed by atoms with E-state index in [-0.39, 0.29) is 12.5 Å². The maximum atomic E-state index is 10.9. The Kier molecular flexibility index (Phi) is 6.09. The molecule has 98 valence electrons. The topological polar surface area (TPSA) is 93.1 Å². The Morgan fingerprint density at radius 3 is 1.76 bits per heavy atom. The van der Waals surface area contributed by atoms with E-state index < -0.39 is 29.6 Å². The molecule has 0 aromatic carbocycles. The molecule has 0 aromatic heterocycles. The summed E-state index contributed by atoms with van der Waals surface area (Å²) >= 11 is 0. The van der Waals surface area contributed by atoms with E-state index in [1.807, 2.05) is 13.8 Å². The van der Waals surface area contributed by atoms with Crippen LogP contribution in [0.2, 0.25) is 0 Å². The number of ether oxygens (including phenoxy) is 2. The zero-order valence-corrected chi connectivity index (χ0v) is 10.4. The van der Waals surface area contributed by atoms with Crippen LogP contribution in [0.3, 0.4) is 0 Å². The molecule has 0 heterocycles. The highest BCUT2D eigenvalue weighted by Crippen LogP contribution is 2.13. The second-order valence-electron chi connectivity index (χ2n) is 4.14. The zero-order valence-electron chi connectivity index (χ0n) is 10.4. The number of carbonyl (C=O) groups is 2. The van der Waals surface area contributed by atoms with Crippen molar-refractivity contribution in [3.8, 4) is 0 Å². The molecule has 0 unspecified atom stereocenters. The molecule has 0 rings (SSSR count). The maximum absolute atomic E-state index is 10.9. The van der Waals surface area contributed by atoms with Gasteiger partial charge in [-0.15, -0.1) is 0 Å². The van der Waals surface area contributed by atoms with Gasteiger partial charge in [0.2, 0.25) is 0 Å². The number of rotatable bonds is 7. The van der Waals surface area contributed by atoms with Gasteiger partial charge in [-0.05, 0) is 19.8 Å². The van der Waals surface area contributed by atoms with Crippen LogP contribution in [-0.2, 0) is 19.1 Å². The molecule has 0 saturated carbocycles. The van der Waals surface area contributed by atoms with E-state index in [0.717, 1.165) is 0 Å². The summed E-state index contributed by atoms with van der Waals surface area (Å²) in [4.78, 5) is 21.8. The standard InChI is InChI=1S/C11H18O6/c1-6(2)5-16-8(10(12)13)9(11(14)15)17-7(3)4/h6-7H,5H2,1-4H3,(H,12,13)(H,14,15)/b9-8-. The summed E-state index contributed by atoms with van der Waals surface area (Å²) in [7, 11) is 0. The van der Waals surface area contributed by atoms with Gasteiger partial charge >= 0.3 is 11.9 Å². The van der Waals surface area contributed by atoms with Crippen LogP contribution in [0.1, 0.15) is 27.7 Å². The Balaban J connectivity index is 5.13. The maximum Gasteiger partial charge on any atom is 0.375 e. The Labute approximate surface area is 99.8 Å². The highest BCUT2D eigenvalue weighted by atomic mass is 16.6. The van der Waals surface area contributed by atoms with Crippen molar-refractivity contribution in [2.45, 2.75) is 33.8 Å². The highest BCUT2D eigenvalue weighted by molar-refractivity contribution is 5.95. The van der Waals surface area contributed by atoms with Crippen LogP contribution in [0.15, 0.2) is 11.5 Å². The van der Waals surface area contributed by atoms with E-state index in [2.05, 4.69) is 0 Å². The predicted molar refractivity (Wildman–Crippen MR) is 59.3 cm³/mol. The zero-order chi connectivity index (χ0) is 13.6. The third-order valence-electron chi connectivity index (χ3n) is 1.51. The van der Waals surface area contributed by atoms with Crippen molar-refractivity contribution in [1.29, 1.82) is 0 Å². The lowest BCUT2D eigenvalue weighted by Gasteiger charge is -2.14. The number of aliphatic carboxylic acids is 2. The Morgan fingerprint density at radius 2 is 1.47 bits per heavy atom. The number of hydrogen-bond acceptors (Lipinski definition) is 4. The lowest BCUT2D eigenvalue weighted by Crippen LogP contribution is -2.20. The minimum atomic E-state index is -1.46. The number of carboxylic acid groups (broad SMARTS) is 2. The first-order valence-electron chi connectivity index (χ1n) is 5.26. The summed E-state index contributed by atoms with van der Waals surface area (Å²) < 4.78 is 9.91. The average molecular weight is 246 g/mol. The lowest BCUT2D eigenvalue weighted by molar-refractivity contribution is -0.143. The molecule has 6 heteroatoms. The Morgan fingerprint density at radius 1 is 1.00 bits per heavy atom. The van der Waals surface area contributed by atoms with E-state index in [9.17, 15) is 9.59 Å². The first kappa shape index (κ1) is 15.3. The van der Waals surface area contributed by atoms with Crippen molar-refractivity contribution >= 4 is 11.9 Å². The van der Waals surface area contributed by atoms with E-state index >= 15 is 0 Å². The van der Waals surface area contributed by atoms with Crippen molar-refractivity contribution < 1.29 is 29.3 Å². The smallest absolute Gasteiger partial charge is 0.375 e. The molecule has 17 heavy (non-hydrogen) atoms. The normalized spacial score (nSPS) is 12.4. The monoisotopic (exact) mass is 246 g/mol. The average Bonchev–Trinajstić information content (AvgIpc) is 2.14. The van der Waals surface area contributed by atoms with Crippen molar-refractivity contribution in [3.05, 3.63) is 11.5 Å². The fraction of sp³-hybridized carbons (Fsp3) is 0.636. The van der Waals surface area contributed by atoms with Crippen LogP contribution in [-0.4, -0.2) is 34.9 Å². The molecule has 0 aliphatic heterocycles. The molecule has 6 nitrogen and oxygen atoms in total. The van der Waals surface area contributed by atoms with Crippen LogP contribution >= 0.6 is 0 Å². The molecule has 0 saturated heterocycles. The molecule has 2 N–H and O–H groups in total. The van der Waals surface area contributed by atoms with E-state index in [1.54, 1.807) is 13.8 Å². The summed E-state index contributed by atoms with van der Waals surface area (Å²) in [6.07, 6.45) is -0.446. The molecule has 0 radical (unpaired) electrons. The molecular formula is C11H18O6. The van der Waals surface area contributed by atoms with Gasteiger partial charge in [-0.3, -0.25) is 0 Å². The SMILES string of the molecule is CC(C)CO/C(C(=O)O)=C(\OC(C)C)C(=O)O. The van der Waals surface area contributed by atoms with Crippen molar-refractivity contribution in [2.24, 2.45) is 5.92 Å². The van der Waals surface area contributed by atoms with Gasteiger partial charge in [0.15, 0.2) is 0 Å². The quantitative estimate of drug-likeness (QED) is 0.522. The summed E-state index contributed by atoms with van der Waals surface area (Å²) in [5.41, 5.74) is 0. The molecule has 0 amide bonds. The largest absolute Gasteiger partial charge is 0.484 e. The van der Waals surface area contributed by atoms with Gasteiger partial charge < -0.3 is 19.7 Å². The van der Waals surface area contributed by atoms with Gasteiger partial charge in [0, 0.05) is 0 Å². The fourth-order valence-corrected chi connectivity index (χ4v) is 0.911. The molecule has 0 aromatic rings. The van der Waals surface area contributed by atoms with E-state index in [4.69, 9.17) is 19.7 Å². The van der Waals surface area contributed by atoms with Crippen molar-refractivity contribution in [1.82, 2.24) is 0 Å². The Hall–Kier alpha value is -1.72. The van der Waals surface area contributed by atoms with Gasteiger partial charge in [0.1, 0.15) is 0 Å². The summed E-state index contributed by atoms with van der Waals surface area (Å²) in [5.74, 6) is -4.17. The minimum absolute atomic E-state index is 0.0819. The molecule has 0 bridgehead atoms. The van der Waals surface area contributed by atoms with Crippen molar-refractivity contribution in [3.63, 3.8) is 0 Å². The second kappa shape index (κ2) is 6.78. The first-order chi connectivity index (χ1) is 7.75. The predicted octanol–water partition coefficient (Wildman–Crippen LogP) is 1.46. The summed E-state index contributed by atoms with van der Waals surface area (Å²) in [6.45, 7) is 6.96. The molecule has 0 aliphatic carbocycles. The number of hydrogen-bond donors (Lipinski definition) is 2. The minimum Gasteiger partial charge on any atom is -0.484 e. The van der Waals surface area contributed by atoms with Gasteiger partial charge in [-0.25, -0.2) is 9.59 Å². The van der Waals surface area contributed by atoms with Crippen LogP contribution < -0.4 is 0 Å². The van der Waals surface area contributed by atoms with Gasteiger partial charge in [0.25, 0.3) is 11.5 Å². The number of carboxylic acids is 2. The highest BCUT2D eigenvalue weighted by Gasteiger charge is 2.25. The van der Waals surface area contributed by atoms with Crippen LogP contribution in [0.25, 0.3) is 0 Å². The fourth-order valence-electron chi connectivity index (χ4n) is 0.911. The molecule has 0 fully saturated rings. The third kappa shape index (κ3) is 5.79. The summed E-state index contributed by atoms with van der Waals surface area (Å²) in [6, 6.07) is 0. The van der Waals surface area contributed by atoms with Crippen LogP contribution in [0, 0.1) is 5.92 Å². The molecule has 0 aliphatic rings. The second-order valence-corrected chi connectivity index (χ2v) is 4.14. The summed E-state index contributed by atoms with van der Waals surface area (Å²) in [5, 5.41) is 17.8. The third-order valence-corrected chi connectivity index (χ3v) is 1.51. The van der Waals surface area contributed by atoms with Gasteiger partial charge in [0.05, 0.1) is 12.7 Å². The molecule has 0 spiro atoms. The van der Waals surface area contributed by atoms with E-state index in [1.165, 1.54) is 0 Å². The van der Waals surface area contributed by atoms with Crippen LogP contribution in [0.4, 0.5) is 0 Å². The Bertz CT molecular complexity index is 316. The first-order valence-corrected chi connectivity index (χ1v) is 5.26. The van der Waals surface area contributed by atoms with Gasteiger partial charge in [-0.2, -0.15) is 0 Å². The van der Waals surface area contributed by atoms with Crippen molar-refractivity contribution in [2.75, 3.05) is 6.61 Å². The van der Waals surface area contributed by atoms with Crippen LogP contribution in [0.5, 0.6) is 0 Å².